The van der Waals surface area contributed by atoms with Gasteiger partial charge in [0.1, 0.15) is 17.6 Å². The molecule has 204 valence electrons. The van der Waals surface area contributed by atoms with Gasteiger partial charge in [-0.1, -0.05) is 36.4 Å². The summed E-state index contributed by atoms with van der Waals surface area (Å²) in [6.07, 6.45) is 3.17. The molecule has 7 heteroatoms. The van der Waals surface area contributed by atoms with Crippen LogP contribution in [-0.4, -0.2) is 48.6 Å². The number of ether oxygens (including phenoxy) is 1. The van der Waals surface area contributed by atoms with Gasteiger partial charge in [-0.25, -0.2) is 0 Å². The number of benzene rings is 2. The lowest BCUT2D eigenvalue weighted by Crippen LogP contribution is -2.26. The van der Waals surface area contributed by atoms with Crippen molar-refractivity contribution >= 4 is 5.57 Å². The van der Waals surface area contributed by atoms with Crippen LogP contribution in [0.15, 0.2) is 71.8 Å². The standard InChI is InChI=1S/C31H35F4NO2/c1-2-22(7-4-16-31(33,34)35)28-8-3-6-24-20-25(37)11-14-29(24)30(28)23-9-12-26(13-10-23)38-27-15-19-36(21-27)18-5-17-32/h2,4,7,9-14,20,27,37H,3,5-6,8,15-19,21H2,1H3/b7-4-,22-2+/t27-/m0/s1. The Morgan fingerprint density at radius 3 is 2.63 bits per heavy atom. The van der Waals surface area contributed by atoms with Crippen LogP contribution in [0.1, 0.15) is 55.7 Å². The summed E-state index contributed by atoms with van der Waals surface area (Å²) in [4.78, 5) is 2.22. The third kappa shape index (κ3) is 7.28. The number of aryl methyl sites for hydroxylation is 1. The first-order valence-electron chi connectivity index (χ1n) is 13.3. The second-order valence-electron chi connectivity index (χ2n) is 9.91. The summed E-state index contributed by atoms with van der Waals surface area (Å²) in [5.41, 5.74) is 5.66. The zero-order valence-corrected chi connectivity index (χ0v) is 21.7. The number of phenolic OH excluding ortho intramolecular Hbond substituents is 1. The Morgan fingerprint density at radius 1 is 1.13 bits per heavy atom. The van der Waals surface area contributed by atoms with E-state index in [2.05, 4.69) is 4.90 Å². The summed E-state index contributed by atoms with van der Waals surface area (Å²) in [5, 5.41) is 10.1. The fraction of sp³-hybridized carbons (Fsp3) is 0.419. The molecule has 1 aliphatic heterocycles. The zero-order chi connectivity index (χ0) is 27.1. The SMILES string of the molecule is C/C=C(\C=C/CC(F)(F)F)C1=C(c2ccc(O[C@H]3CCN(CCCF)C3)cc2)c2ccc(O)cc2CCC1. The molecular weight excluding hydrogens is 494 g/mol. The van der Waals surface area contributed by atoms with Crippen LogP contribution in [0, 0.1) is 0 Å². The van der Waals surface area contributed by atoms with E-state index in [0.29, 0.717) is 12.8 Å². The molecule has 0 amide bonds. The van der Waals surface area contributed by atoms with Gasteiger partial charge in [0.2, 0.25) is 0 Å². The molecule has 1 atom stereocenters. The van der Waals surface area contributed by atoms with Gasteiger partial charge in [-0.15, -0.1) is 0 Å². The Labute approximate surface area is 222 Å². The van der Waals surface area contributed by atoms with Gasteiger partial charge in [-0.3, -0.25) is 9.29 Å². The molecular formula is C31H35F4NO2. The second kappa shape index (κ2) is 12.7. The Morgan fingerprint density at radius 2 is 1.92 bits per heavy atom. The number of hydrogen-bond acceptors (Lipinski definition) is 3. The number of aromatic hydroxyl groups is 1. The average molecular weight is 530 g/mol. The highest BCUT2D eigenvalue weighted by molar-refractivity contribution is 5.87. The number of phenols is 1. The van der Waals surface area contributed by atoms with E-state index in [0.717, 1.165) is 78.1 Å². The van der Waals surface area contributed by atoms with E-state index in [4.69, 9.17) is 4.74 Å². The summed E-state index contributed by atoms with van der Waals surface area (Å²) in [7, 11) is 0. The number of rotatable bonds is 9. The monoisotopic (exact) mass is 529 g/mol. The Kier molecular flexibility index (Phi) is 9.31. The van der Waals surface area contributed by atoms with E-state index >= 15 is 0 Å². The predicted molar refractivity (Wildman–Crippen MR) is 143 cm³/mol. The van der Waals surface area contributed by atoms with Crippen LogP contribution in [-0.2, 0) is 6.42 Å². The van der Waals surface area contributed by atoms with Gasteiger partial charge in [-0.05, 0) is 96.7 Å². The lowest BCUT2D eigenvalue weighted by atomic mass is 9.87. The van der Waals surface area contributed by atoms with Crippen molar-refractivity contribution in [2.45, 2.75) is 57.7 Å². The van der Waals surface area contributed by atoms with E-state index in [9.17, 15) is 22.7 Å². The quantitative estimate of drug-likeness (QED) is 0.266. The minimum absolute atomic E-state index is 0.0604. The number of hydrogen-bond donors (Lipinski definition) is 1. The highest BCUT2D eigenvalue weighted by Crippen LogP contribution is 2.40. The van der Waals surface area contributed by atoms with Crippen LogP contribution in [0.4, 0.5) is 17.6 Å². The first-order chi connectivity index (χ1) is 18.3. The van der Waals surface area contributed by atoms with Crippen molar-refractivity contribution in [3.05, 3.63) is 88.5 Å². The average Bonchev–Trinajstić information content (AvgIpc) is 3.24. The third-order valence-electron chi connectivity index (χ3n) is 7.12. The minimum Gasteiger partial charge on any atom is -0.508 e. The molecule has 38 heavy (non-hydrogen) atoms. The van der Waals surface area contributed by atoms with E-state index in [1.54, 1.807) is 18.2 Å². The highest BCUT2D eigenvalue weighted by atomic mass is 19.4. The van der Waals surface area contributed by atoms with Crippen molar-refractivity contribution in [1.29, 1.82) is 0 Å². The maximum Gasteiger partial charge on any atom is 0.392 e. The molecule has 2 aliphatic rings. The molecule has 2 aromatic rings. The summed E-state index contributed by atoms with van der Waals surface area (Å²) >= 11 is 0. The molecule has 4 rings (SSSR count). The van der Waals surface area contributed by atoms with Gasteiger partial charge in [0.25, 0.3) is 0 Å². The van der Waals surface area contributed by atoms with E-state index in [-0.39, 0.29) is 18.5 Å². The van der Waals surface area contributed by atoms with E-state index in [1.165, 1.54) is 6.08 Å². The van der Waals surface area contributed by atoms with Crippen LogP contribution in [0.2, 0.25) is 0 Å². The number of halogens is 4. The molecule has 0 spiro atoms. The molecule has 0 unspecified atom stereocenters. The van der Waals surface area contributed by atoms with Crippen LogP contribution < -0.4 is 4.74 Å². The fourth-order valence-corrected chi connectivity index (χ4v) is 5.36. The van der Waals surface area contributed by atoms with E-state index < -0.39 is 12.6 Å². The lowest BCUT2D eigenvalue weighted by molar-refractivity contribution is -0.125. The van der Waals surface area contributed by atoms with Crippen LogP contribution in [0.5, 0.6) is 11.5 Å². The van der Waals surface area contributed by atoms with Crippen molar-refractivity contribution in [3.8, 4) is 11.5 Å². The smallest absolute Gasteiger partial charge is 0.392 e. The van der Waals surface area contributed by atoms with Crippen molar-refractivity contribution in [2.75, 3.05) is 26.3 Å². The van der Waals surface area contributed by atoms with Crippen LogP contribution >= 0.6 is 0 Å². The first kappa shape index (κ1) is 28.0. The first-order valence-corrected chi connectivity index (χ1v) is 13.3. The molecule has 1 heterocycles. The normalized spacial score (nSPS) is 19.2. The Hall–Kier alpha value is -3.06. The molecule has 0 saturated carbocycles. The van der Waals surface area contributed by atoms with Crippen molar-refractivity contribution in [3.63, 3.8) is 0 Å². The van der Waals surface area contributed by atoms with Gasteiger partial charge < -0.3 is 9.84 Å². The van der Waals surface area contributed by atoms with Crippen molar-refractivity contribution < 1.29 is 27.4 Å². The number of alkyl halides is 4. The molecule has 0 bridgehead atoms. The maximum absolute atomic E-state index is 12.8. The largest absolute Gasteiger partial charge is 0.508 e. The number of fused-ring (bicyclic) bond motifs is 1. The topological polar surface area (TPSA) is 32.7 Å². The number of nitrogens with zero attached hydrogens (tertiary/aromatic N) is 1. The van der Waals surface area contributed by atoms with Gasteiger partial charge in [0, 0.05) is 19.6 Å². The number of likely N-dealkylation sites (tertiary alicyclic amines) is 1. The van der Waals surface area contributed by atoms with Crippen LogP contribution in [0.25, 0.3) is 5.57 Å². The Bertz CT molecular complexity index is 1180. The summed E-state index contributed by atoms with van der Waals surface area (Å²) < 4.78 is 57.2. The molecule has 2 aromatic carbocycles. The molecule has 1 fully saturated rings. The minimum atomic E-state index is -4.25. The van der Waals surface area contributed by atoms with Crippen molar-refractivity contribution in [1.82, 2.24) is 4.90 Å². The molecule has 1 N–H and O–H groups in total. The highest BCUT2D eigenvalue weighted by Gasteiger charge is 2.26. The fourth-order valence-electron chi connectivity index (χ4n) is 5.36. The maximum atomic E-state index is 12.8. The van der Waals surface area contributed by atoms with Gasteiger partial charge in [-0.2, -0.15) is 13.2 Å². The zero-order valence-electron chi connectivity index (χ0n) is 21.7. The molecule has 3 nitrogen and oxygen atoms in total. The van der Waals surface area contributed by atoms with Crippen LogP contribution in [0.3, 0.4) is 0 Å². The van der Waals surface area contributed by atoms with Crippen molar-refractivity contribution in [2.24, 2.45) is 0 Å². The predicted octanol–water partition coefficient (Wildman–Crippen LogP) is 7.80. The molecule has 0 aromatic heterocycles. The lowest BCUT2D eigenvalue weighted by Gasteiger charge is -2.19. The van der Waals surface area contributed by atoms with E-state index in [1.807, 2.05) is 43.3 Å². The second-order valence-corrected chi connectivity index (χ2v) is 9.91. The molecule has 0 radical (unpaired) electrons. The Balaban J connectivity index is 1.65. The summed E-state index contributed by atoms with van der Waals surface area (Å²) in [6.45, 7) is 3.96. The molecule has 1 saturated heterocycles. The molecule has 1 aliphatic carbocycles. The summed E-state index contributed by atoms with van der Waals surface area (Å²) in [5.74, 6) is 0.952. The summed E-state index contributed by atoms with van der Waals surface area (Å²) in [6, 6.07) is 13.2. The van der Waals surface area contributed by atoms with Gasteiger partial charge >= 0.3 is 6.18 Å². The third-order valence-corrected chi connectivity index (χ3v) is 7.12. The van der Waals surface area contributed by atoms with Gasteiger partial charge in [0.05, 0.1) is 13.1 Å². The number of allylic oxidation sites excluding steroid dienone is 5. The van der Waals surface area contributed by atoms with Gasteiger partial charge in [0.15, 0.2) is 0 Å².